The fourth-order valence-electron chi connectivity index (χ4n) is 2.93. The van der Waals surface area contributed by atoms with Crippen LogP contribution in [0.1, 0.15) is 5.76 Å². The number of nitrogens with zero attached hydrogens (tertiary/aromatic N) is 4. The van der Waals surface area contributed by atoms with E-state index in [2.05, 4.69) is 10.2 Å². The molecule has 1 fully saturated rings. The van der Waals surface area contributed by atoms with E-state index in [1.54, 1.807) is 6.26 Å². The van der Waals surface area contributed by atoms with E-state index in [-0.39, 0.29) is 5.91 Å². The van der Waals surface area contributed by atoms with Crippen molar-refractivity contribution in [1.82, 2.24) is 19.7 Å². The maximum absolute atomic E-state index is 12.5. The van der Waals surface area contributed by atoms with Crippen LogP contribution in [0.25, 0.3) is 11.4 Å². The quantitative estimate of drug-likeness (QED) is 0.608. The Hall–Kier alpha value is -2.58. The van der Waals surface area contributed by atoms with Crippen molar-refractivity contribution in [3.05, 3.63) is 54.5 Å². The van der Waals surface area contributed by atoms with Crippen LogP contribution in [-0.4, -0.2) is 57.6 Å². The highest BCUT2D eigenvalue weighted by Gasteiger charge is 2.20. The molecule has 0 saturated carbocycles. The second-order valence-corrected chi connectivity index (χ2v) is 7.06. The topological polar surface area (TPSA) is 73.4 Å². The van der Waals surface area contributed by atoms with E-state index >= 15 is 0 Å². The number of benzene rings is 1. The molecule has 0 radical (unpaired) electrons. The van der Waals surface area contributed by atoms with Gasteiger partial charge in [0.05, 0.1) is 31.8 Å². The molecule has 1 aliphatic heterocycles. The summed E-state index contributed by atoms with van der Waals surface area (Å²) in [7, 11) is 0. The summed E-state index contributed by atoms with van der Waals surface area (Å²) in [5, 5.41) is 9.39. The van der Waals surface area contributed by atoms with E-state index in [1.165, 1.54) is 11.8 Å². The Bertz CT molecular complexity index is 874. The lowest BCUT2D eigenvalue weighted by Gasteiger charge is -2.26. The first-order valence-corrected chi connectivity index (χ1v) is 9.79. The van der Waals surface area contributed by atoms with Crippen LogP contribution in [0, 0.1) is 0 Å². The molecule has 3 aromatic rings. The van der Waals surface area contributed by atoms with E-state index in [9.17, 15) is 4.79 Å². The Morgan fingerprint density at radius 3 is 2.63 bits per heavy atom. The molecule has 1 amide bonds. The highest BCUT2D eigenvalue weighted by atomic mass is 32.2. The second kappa shape index (κ2) is 8.41. The largest absolute Gasteiger partial charge is 0.467 e. The lowest BCUT2D eigenvalue weighted by Crippen LogP contribution is -2.41. The zero-order valence-electron chi connectivity index (χ0n) is 14.8. The number of aromatic nitrogens is 3. The summed E-state index contributed by atoms with van der Waals surface area (Å²) < 4.78 is 12.8. The molecular weight excluding hydrogens is 364 g/mol. The minimum Gasteiger partial charge on any atom is -0.467 e. The molecule has 1 saturated heterocycles. The maximum atomic E-state index is 12.5. The van der Waals surface area contributed by atoms with Crippen LogP contribution < -0.4 is 0 Å². The lowest BCUT2D eigenvalue weighted by molar-refractivity contribution is -0.132. The zero-order valence-corrected chi connectivity index (χ0v) is 15.6. The average molecular weight is 384 g/mol. The molecule has 0 unspecified atom stereocenters. The molecule has 4 rings (SSSR count). The van der Waals surface area contributed by atoms with E-state index in [0.717, 1.165) is 17.1 Å². The van der Waals surface area contributed by atoms with Crippen molar-refractivity contribution < 1.29 is 13.9 Å². The van der Waals surface area contributed by atoms with Gasteiger partial charge in [-0.25, -0.2) is 0 Å². The number of furan rings is 1. The van der Waals surface area contributed by atoms with Gasteiger partial charge < -0.3 is 14.1 Å². The van der Waals surface area contributed by atoms with Gasteiger partial charge in [-0.2, -0.15) is 0 Å². The summed E-state index contributed by atoms with van der Waals surface area (Å²) >= 11 is 1.40. The van der Waals surface area contributed by atoms with Gasteiger partial charge in [-0.15, -0.1) is 10.2 Å². The predicted molar refractivity (Wildman–Crippen MR) is 101 cm³/mol. The van der Waals surface area contributed by atoms with Crippen molar-refractivity contribution in [1.29, 1.82) is 0 Å². The van der Waals surface area contributed by atoms with Crippen LogP contribution in [0.4, 0.5) is 0 Å². The van der Waals surface area contributed by atoms with Crippen LogP contribution >= 0.6 is 11.8 Å². The predicted octanol–water partition coefficient (Wildman–Crippen LogP) is 2.54. The van der Waals surface area contributed by atoms with Crippen LogP contribution in [0.15, 0.2) is 58.3 Å². The van der Waals surface area contributed by atoms with Gasteiger partial charge in [-0.3, -0.25) is 9.36 Å². The minimum atomic E-state index is 0.0945. The van der Waals surface area contributed by atoms with Gasteiger partial charge >= 0.3 is 0 Å². The first kappa shape index (κ1) is 17.8. The Balaban J connectivity index is 1.54. The molecule has 2 aromatic heterocycles. The molecule has 3 heterocycles. The standard InChI is InChI=1S/C19H20N4O3S/c24-17(22-8-11-25-12-9-22)14-27-19-21-20-18(15-5-2-1-3-6-15)23(19)13-16-7-4-10-26-16/h1-7,10H,8-9,11-14H2. The number of morpholine rings is 1. The number of rotatable bonds is 6. The van der Waals surface area contributed by atoms with Crippen molar-refractivity contribution in [2.75, 3.05) is 32.1 Å². The number of thioether (sulfide) groups is 1. The van der Waals surface area contributed by atoms with Gasteiger partial charge in [-0.1, -0.05) is 42.1 Å². The summed E-state index contributed by atoms with van der Waals surface area (Å²) in [6, 6.07) is 13.7. The smallest absolute Gasteiger partial charge is 0.233 e. The third-order valence-electron chi connectivity index (χ3n) is 4.33. The monoisotopic (exact) mass is 384 g/mol. The second-order valence-electron chi connectivity index (χ2n) is 6.12. The Morgan fingerprint density at radius 2 is 1.89 bits per heavy atom. The molecule has 0 bridgehead atoms. The maximum Gasteiger partial charge on any atom is 0.233 e. The van der Waals surface area contributed by atoms with Crippen molar-refractivity contribution >= 4 is 17.7 Å². The van der Waals surface area contributed by atoms with E-state index in [4.69, 9.17) is 9.15 Å². The number of hydrogen-bond donors (Lipinski definition) is 0. The third kappa shape index (κ3) is 4.23. The molecular formula is C19H20N4O3S. The van der Waals surface area contributed by atoms with Gasteiger partial charge in [-0.05, 0) is 12.1 Å². The summed E-state index contributed by atoms with van der Waals surface area (Å²) in [6.07, 6.45) is 1.65. The molecule has 0 spiro atoms. The molecule has 0 aliphatic carbocycles. The van der Waals surface area contributed by atoms with E-state index in [1.807, 2.05) is 51.9 Å². The van der Waals surface area contributed by atoms with Crippen molar-refractivity contribution in [3.63, 3.8) is 0 Å². The number of amides is 1. The van der Waals surface area contributed by atoms with Crippen LogP contribution in [-0.2, 0) is 16.1 Å². The van der Waals surface area contributed by atoms with Crippen LogP contribution in [0.5, 0.6) is 0 Å². The molecule has 0 atom stereocenters. The Labute approximate surface area is 161 Å². The van der Waals surface area contributed by atoms with Gasteiger partial charge in [0.1, 0.15) is 5.76 Å². The number of hydrogen-bond acceptors (Lipinski definition) is 6. The fourth-order valence-corrected chi connectivity index (χ4v) is 3.77. The molecule has 1 aliphatic rings. The number of ether oxygens (including phenoxy) is 1. The Morgan fingerprint density at radius 1 is 1.07 bits per heavy atom. The van der Waals surface area contributed by atoms with Gasteiger partial charge in [0, 0.05) is 18.7 Å². The summed E-state index contributed by atoms with van der Waals surface area (Å²) in [5.74, 6) is 1.99. The van der Waals surface area contributed by atoms with Crippen LogP contribution in [0.3, 0.4) is 0 Å². The molecule has 0 N–H and O–H groups in total. The zero-order chi connectivity index (χ0) is 18.5. The molecule has 8 heteroatoms. The average Bonchev–Trinajstić information content (AvgIpc) is 3.38. The number of carbonyl (C=O) groups excluding carboxylic acids is 1. The van der Waals surface area contributed by atoms with Crippen molar-refractivity contribution in [2.45, 2.75) is 11.7 Å². The molecule has 1 aromatic carbocycles. The van der Waals surface area contributed by atoms with Crippen LogP contribution in [0.2, 0.25) is 0 Å². The lowest BCUT2D eigenvalue weighted by atomic mass is 10.2. The molecule has 27 heavy (non-hydrogen) atoms. The molecule has 140 valence electrons. The first-order valence-electron chi connectivity index (χ1n) is 8.80. The van der Waals surface area contributed by atoms with Gasteiger partial charge in [0.15, 0.2) is 11.0 Å². The summed E-state index contributed by atoms with van der Waals surface area (Å²) in [4.78, 5) is 14.3. The third-order valence-corrected chi connectivity index (χ3v) is 5.28. The van der Waals surface area contributed by atoms with Gasteiger partial charge in [0.25, 0.3) is 0 Å². The van der Waals surface area contributed by atoms with Crippen molar-refractivity contribution in [2.24, 2.45) is 0 Å². The Kier molecular flexibility index (Phi) is 5.55. The normalized spacial score (nSPS) is 14.4. The highest BCUT2D eigenvalue weighted by Crippen LogP contribution is 2.25. The minimum absolute atomic E-state index is 0.0945. The highest BCUT2D eigenvalue weighted by molar-refractivity contribution is 7.99. The van der Waals surface area contributed by atoms with Crippen molar-refractivity contribution in [3.8, 4) is 11.4 Å². The van der Waals surface area contributed by atoms with Gasteiger partial charge in [0.2, 0.25) is 5.91 Å². The number of carbonyl (C=O) groups is 1. The first-order chi connectivity index (χ1) is 13.3. The summed E-state index contributed by atoms with van der Waals surface area (Å²) in [6.45, 7) is 3.01. The SMILES string of the molecule is O=C(CSc1nnc(-c2ccccc2)n1Cc1ccco1)N1CCOCC1. The summed E-state index contributed by atoms with van der Waals surface area (Å²) in [5.41, 5.74) is 0.975. The fraction of sp³-hybridized carbons (Fsp3) is 0.316. The van der Waals surface area contributed by atoms with E-state index < -0.39 is 0 Å². The van der Waals surface area contributed by atoms with E-state index in [0.29, 0.717) is 43.8 Å². The molecule has 7 nitrogen and oxygen atoms in total.